The van der Waals surface area contributed by atoms with Crippen LogP contribution in [0.3, 0.4) is 0 Å². The van der Waals surface area contributed by atoms with E-state index in [2.05, 4.69) is 26.3 Å². The summed E-state index contributed by atoms with van der Waals surface area (Å²) in [5.74, 6) is 0.291. The number of rotatable bonds is 3. The molecule has 0 aliphatic heterocycles. The Kier molecular flexibility index (Phi) is 3.14. The van der Waals surface area contributed by atoms with Gasteiger partial charge in [-0.3, -0.25) is 4.68 Å². The van der Waals surface area contributed by atoms with Gasteiger partial charge in [-0.1, -0.05) is 15.9 Å². The molecule has 16 heavy (non-hydrogen) atoms. The zero-order valence-corrected chi connectivity index (χ0v) is 10.4. The SMILES string of the molecule is Cn1cc(NCc2cc(Br)ccc2O)cn1. The summed E-state index contributed by atoms with van der Waals surface area (Å²) >= 11 is 3.37. The Bertz CT molecular complexity index is 496. The van der Waals surface area contributed by atoms with Crippen LogP contribution >= 0.6 is 15.9 Å². The highest BCUT2D eigenvalue weighted by Crippen LogP contribution is 2.22. The molecule has 5 heteroatoms. The van der Waals surface area contributed by atoms with Crippen LogP contribution < -0.4 is 5.32 Å². The van der Waals surface area contributed by atoms with Crippen LogP contribution in [0.2, 0.25) is 0 Å². The van der Waals surface area contributed by atoms with Crippen molar-refractivity contribution in [3.05, 3.63) is 40.6 Å². The molecule has 0 saturated heterocycles. The molecule has 0 atom stereocenters. The summed E-state index contributed by atoms with van der Waals surface area (Å²) in [6, 6.07) is 5.37. The maximum absolute atomic E-state index is 9.64. The molecule has 0 bridgehead atoms. The Morgan fingerprint density at radius 2 is 2.31 bits per heavy atom. The molecule has 0 spiro atoms. The van der Waals surface area contributed by atoms with E-state index in [1.165, 1.54) is 0 Å². The molecule has 0 aliphatic carbocycles. The lowest BCUT2D eigenvalue weighted by Gasteiger charge is -2.06. The molecule has 2 N–H and O–H groups in total. The van der Waals surface area contributed by atoms with E-state index in [0.29, 0.717) is 12.3 Å². The van der Waals surface area contributed by atoms with Crippen LogP contribution in [0.4, 0.5) is 5.69 Å². The summed E-state index contributed by atoms with van der Waals surface area (Å²) in [5.41, 5.74) is 1.78. The Balaban J connectivity index is 2.07. The zero-order chi connectivity index (χ0) is 11.5. The summed E-state index contributed by atoms with van der Waals surface area (Å²) in [7, 11) is 1.86. The van der Waals surface area contributed by atoms with Gasteiger partial charge in [-0.2, -0.15) is 5.10 Å². The van der Waals surface area contributed by atoms with Gasteiger partial charge in [0.05, 0.1) is 11.9 Å². The third-order valence-electron chi connectivity index (χ3n) is 2.23. The predicted octanol–water partition coefficient (Wildman–Crippen LogP) is 2.50. The molecule has 0 unspecified atom stereocenters. The highest BCUT2D eigenvalue weighted by molar-refractivity contribution is 9.10. The number of aromatic nitrogens is 2. The maximum atomic E-state index is 9.64. The van der Waals surface area contributed by atoms with E-state index in [1.54, 1.807) is 16.9 Å². The van der Waals surface area contributed by atoms with Crippen LogP contribution in [0.5, 0.6) is 5.75 Å². The standard InChI is InChI=1S/C11H12BrN3O/c1-15-7-10(6-14-15)13-5-8-4-9(12)2-3-11(8)16/h2-4,6-7,13,16H,5H2,1H3. The predicted molar refractivity (Wildman–Crippen MR) is 66.3 cm³/mol. The van der Waals surface area contributed by atoms with E-state index in [-0.39, 0.29) is 0 Å². The molecule has 2 aromatic rings. The number of phenols is 1. The lowest BCUT2D eigenvalue weighted by Crippen LogP contribution is -1.98. The van der Waals surface area contributed by atoms with Crippen molar-refractivity contribution in [3.8, 4) is 5.75 Å². The first-order chi connectivity index (χ1) is 7.65. The van der Waals surface area contributed by atoms with Crippen molar-refractivity contribution in [1.82, 2.24) is 9.78 Å². The topological polar surface area (TPSA) is 50.1 Å². The van der Waals surface area contributed by atoms with E-state index in [9.17, 15) is 5.11 Å². The van der Waals surface area contributed by atoms with Gasteiger partial charge >= 0.3 is 0 Å². The lowest BCUT2D eigenvalue weighted by molar-refractivity contribution is 0.469. The Morgan fingerprint density at radius 3 is 3.00 bits per heavy atom. The minimum atomic E-state index is 0.291. The van der Waals surface area contributed by atoms with Gasteiger partial charge in [0.2, 0.25) is 0 Å². The Hall–Kier alpha value is -1.49. The first kappa shape index (κ1) is 11.0. The van der Waals surface area contributed by atoms with E-state index in [1.807, 2.05) is 25.4 Å². The molecule has 0 amide bonds. The maximum Gasteiger partial charge on any atom is 0.120 e. The van der Waals surface area contributed by atoms with Gasteiger partial charge in [0.25, 0.3) is 0 Å². The molecular formula is C11H12BrN3O. The largest absolute Gasteiger partial charge is 0.508 e. The number of nitrogens with zero attached hydrogens (tertiary/aromatic N) is 2. The van der Waals surface area contributed by atoms with Crippen LogP contribution in [0.1, 0.15) is 5.56 Å². The van der Waals surface area contributed by atoms with Crippen LogP contribution in [0.15, 0.2) is 35.1 Å². The van der Waals surface area contributed by atoms with Gasteiger partial charge in [-0.05, 0) is 18.2 Å². The molecule has 4 nitrogen and oxygen atoms in total. The van der Waals surface area contributed by atoms with Crippen molar-refractivity contribution in [2.45, 2.75) is 6.54 Å². The number of anilines is 1. The van der Waals surface area contributed by atoms with Crippen molar-refractivity contribution in [2.75, 3.05) is 5.32 Å². The van der Waals surface area contributed by atoms with Gasteiger partial charge in [0.15, 0.2) is 0 Å². The van der Waals surface area contributed by atoms with Gasteiger partial charge < -0.3 is 10.4 Å². The Labute approximate surface area is 102 Å². The zero-order valence-electron chi connectivity index (χ0n) is 8.81. The van der Waals surface area contributed by atoms with Crippen LogP contribution in [0, 0.1) is 0 Å². The van der Waals surface area contributed by atoms with E-state index >= 15 is 0 Å². The first-order valence-corrected chi connectivity index (χ1v) is 5.64. The number of aromatic hydroxyl groups is 1. The number of aryl methyl sites for hydroxylation is 1. The molecule has 84 valence electrons. The second-order valence-corrected chi connectivity index (χ2v) is 4.44. The second-order valence-electron chi connectivity index (χ2n) is 3.53. The fourth-order valence-electron chi connectivity index (χ4n) is 1.41. The smallest absolute Gasteiger partial charge is 0.120 e. The number of hydrogen-bond donors (Lipinski definition) is 2. The molecule has 1 aromatic heterocycles. The minimum Gasteiger partial charge on any atom is -0.508 e. The van der Waals surface area contributed by atoms with Crippen molar-refractivity contribution in [1.29, 1.82) is 0 Å². The quantitative estimate of drug-likeness (QED) is 0.909. The van der Waals surface area contributed by atoms with Crippen LogP contribution in [0.25, 0.3) is 0 Å². The van der Waals surface area contributed by atoms with Gasteiger partial charge in [-0.25, -0.2) is 0 Å². The highest BCUT2D eigenvalue weighted by atomic mass is 79.9. The average molecular weight is 282 g/mol. The van der Waals surface area contributed by atoms with E-state index < -0.39 is 0 Å². The lowest BCUT2D eigenvalue weighted by atomic mass is 10.2. The monoisotopic (exact) mass is 281 g/mol. The van der Waals surface area contributed by atoms with Gasteiger partial charge in [0, 0.05) is 29.8 Å². The minimum absolute atomic E-state index is 0.291. The number of hydrogen-bond acceptors (Lipinski definition) is 3. The van der Waals surface area contributed by atoms with Crippen molar-refractivity contribution in [2.24, 2.45) is 7.05 Å². The van der Waals surface area contributed by atoms with Gasteiger partial charge in [-0.15, -0.1) is 0 Å². The van der Waals surface area contributed by atoms with Gasteiger partial charge in [0.1, 0.15) is 5.75 Å². The Morgan fingerprint density at radius 1 is 1.50 bits per heavy atom. The average Bonchev–Trinajstić information content (AvgIpc) is 2.66. The van der Waals surface area contributed by atoms with E-state index in [4.69, 9.17) is 0 Å². The van der Waals surface area contributed by atoms with Crippen molar-refractivity contribution < 1.29 is 5.11 Å². The normalized spacial score (nSPS) is 10.4. The molecular weight excluding hydrogens is 270 g/mol. The van der Waals surface area contributed by atoms with Crippen LogP contribution in [-0.4, -0.2) is 14.9 Å². The second kappa shape index (κ2) is 4.57. The summed E-state index contributed by atoms with van der Waals surface area (Å²) < 4.78 is 2.68. The van der Waals surface area contributed by atoms with Crippen molar-refractivity contribution >= 4 is 21.6 Å². The third kappa shape index (κ3) is 2.55. The molecule has 1 heterocycles. The van der Waals surface area contributed by atoms with Crippen LogP contribution in [-0.2, 0) is 13.6 Å². The molecule has 2 rings (SSSR count). The highest BCUT2D eigenvalue weighted by Gasteiger charge is 2.02. The number of phenolic OH excluding ortho intramolecular Hbond substituents is 1. The molecule has 0 aliphatic rings. The number of benzene rings is 1. The third-order valence-corrected chi connectivity index (χ3v) is 2.72. The summed E-state index contributed by atoms with van der Waals surface area (Å²) in [4.78, 5) is 0. The molecule has 0 radical (unpaired) electrons. The molecule has 0 fully saturated rings. The summed E-state index contributed by atoms with van der Waals surface area (Å²) in [6.45, 7) is 0.566. The summed E-state index contributed by atoms with van der Waals surface area (Å²) in [5, 5.41) is 16.9. The number of halogens is 1. The van der Waals surface area contributed by atoms with E-state index in [0.717, 1.165) is 15.7 Å². The fraction of sp³-hybridized carbons (Fsp3) is 0.182. The molecule has 0 saturated carbocycles. The fourth-order valence-corrected chi connectivity index (χ4v) is 1.81. The number of nitrogens with one attached hydrogen (secondary N) is 1. The first-order valence-electron chi connectivity index (χ1n) is 4.85. The molecule has 1 aromatic carbocycles. The summed E-state index contributed by atoms with van der Waals surface area (Å²) in [6.07, 6.45) is 3.63. The van der Waals surface area contributed by atoms with Crippen molar-refractivity contribution in [3.63, 3.8) is 0 Å².